The van der Waals surface area contributed by atoms with Crippen LogP contribution in [-0.2, 0) is 20.0 Å². The molecule has 4 aliphatic rings. The van der Waals surface area contributed by atoms with Crippen LogP contribution in [0, 0.1) is 5.92 Å². The number of anilines is 2. The van der Waals surface area contributed by atoms with Gasteiger partial charge in [-0.1, -0.05) is 12.1 Å². The number of sulfonamides is 2. The maximum atomic E-state index is 13.4. The van der Waals surface area contributed by atoms with Crippen LogP contribution in [0.15, 0.2) is 58.3 Å². The standard InChI is InChI=1S/C23H30N4O4S2/c1-24-32(28,29)19-7-9-20(10-8-19)33(30,31)25(2)21-5-3-4-6-22(21)26-11-13-27(14-12-26)23-15-18(16-23)17-23/h3-10,18,24H,11-17H2,1-2H3. The largest absolute Gasteiger partial charge is 0.367 e. The lowest BCUT2D eigenvalue weighted by atomic mass is 9.49. The van der Waals surface area contributed by atoms with Crippen molar-refractivity contribution in [2.45, 2.75) is 34.6 Å². The van der Waals surface area contributed by atoms with Crippen molar-refractivity contribution in [3.05, 3.63) is 48.5 Å². The van der Waals surface area contributed by atoms with Crippen LogP contribution < -0.4 is 13.9 Å². The van der Waals surface area contributed by atoms with Crippen molar-refractivity contribution in [2.24, 2.45) is 5.92 Å². The van der Waals surface area contributed by atoms with E-state index in [0.29, 0.717) is 11.2 Å². The minimum absolute atomic E-state index is 0.0218. The molecule has 2 aromatic rings. The molecule has 6 rings (SSSR count). The van der Waals surface area contributed by atoms with E-state index in [1.807, 2.05) is 24.3 Å². The molecule has 2 aromatic carbocycles. The van der Waals surface area contributed by atoms with Crippen LogP contribution in [0.4, 0.5) is 11.4 Å². The van der Waals surface area contributed by atoms with E-state index in [2.05, 4.69) is 14.5 Å². The van der Waals surface area contributed by atoms with Crippen LogP contribution in [0.25, 0.3) is 0 Å². The van der Waals surface area contributed by atoms with E-state index in [4.69, 9.17) is 0 Å². The molecule has 10 heteroatoms. The molecule has 0 amide bonds. The zero-order chi connectivity index (χ0) is 23.4. The maximum absolute atomic E-state index is 13.4. The molecule has 1 heterocycles. The van der Waals surface area contributed by atoms with Gasteiger partial charge in [-0.05, 0) is 68.6 Å². The van der Waals surface area contributed by atoms with Crippen molar-refractivity contribution in [1.29, 1.82) is 0 Å². The molecule has 33 heavy (non-hydrogen) atoms. The summed E-state index contributed by atoms with van der Waals surface area (Å²) < 4.78 is 54.2. The van der Waals surface area contributed by atoms with Gasteiger partial charge in [-0.15, -0.1) is 0 Å². The average Bonchev–Trinajstić information content (AvgIpc) is 2.77. The summed E-state index contributed by atoms with van der Waals surface area (Å²) in [4.78, 5) is 4.97. The summed E-state index contributed by atoms with van der Waals surface area (Å²) in [6.45, 7) is 3.74. The molecule has 0 radical (unpaired) electrons. The lowest BCUT2D eigenvalue weighted by molar-refractivity contribution is -0.145. The number of para-hydroxylation sites is 2. The summed E-state index contributed by atoms with van der Waals surface area (Å²) in [6, 6.07) is 12.9. The van der Waals surface area contributed by atoms with Gasteiger partial charge in [-0.2, -0.15) is 0 Å². The lowest BCUT2D eigenvalue weighted by Crippen LogP contribution is -2.71. The monoisotopic (exact) mass is 490 g/mol. The molecule has 0 atom stereocenters. The summed E-state index contributed by atoms with van der Waals surface area (Å²) in [5, 5.41) is 0. The van der Waals surface area contributed by atoms with Gasteiger partial charge in [0.2, 0.25) is 10.0 Å². The van der Waals surface area contributed by atoms with E-state index < -0.39 is 20.0 Å². The first kappa shape index (κ1) is 22.6. The van der Waals surface area contributed by atoms with Crippen LogP contribution in [0.5, 0.6) is 0 Å². The number of benzene rings is 2. The van der Waals surface area contributed by atoms with Crippen LogP contribution in [0.3, 0.4) is 0 Å². The molecule has 1 aliphatic heterocycles. The van der Waals surface area contributed by atoms with Gasteiger partial charge in [0.25, 0.3) is 10.0 Å². The summed E-state index contributed by atoms with van der Waals surface area (Å²) >= 11 is 0. The molecule has 4 fully saturated rings. The molecule has 3 saturated carbocycles. The Morgan fingerprint density at radius 2 is 1.45 bits per heavy atom. The minimum atomic E-state index is -3.86. The van der Waals surface area contributed by atoms with Crippen LogP contribution >= 0.6 is 0 Å². The van der Waals surface area contributed by atoms with Gasteiger partial charge >= 0.3 is 0 Å². The molecule has 3 aliphatic carbocycles. The third kappa shape index (κ3) is 3.73. The molecule has 178 valence electrons. The predicted molar refractivity (Wildman–Crippen MR) is 129 cm³/mol. The Morgan fingerprint density at radius 3 is 2.00 bits per heavy atom. The number of nitrogens with zero attached hydrogens (tertiary/aromatic N) is 3. The van der Waals surface area contributed by atoms with E-state index in [1.165, 1.54) is 54.9 Å². The number of rotatable bonds is 7. The van der Waals surface area contributed by atoms with Gasteiger partial charge in [-0.3, -0.25) is 9.21 Å². The summed E-state index contributed by atoms with van der Waals surface area (Å²) in [6.07, 6.45) is 4.04. The minimum Gasteiger partial charge on any atom is -0.367 e. The highest BCUT2D eigenvalue weighted by atomic mass is 32.2. The Balaban J connectivity index is 1.36. The average molecular weight is 491 g/mol. The van der Waals surface area contributed by atoms with E-state index >= 15 is 0 Å². The first-order chi connectivity index (χ1) is 15.7. The van der Waals surface area contributed by atoms with Gasteiger partial charge in [0, 0.05) is 38.8 Å². The van der Waals surface area contributed by atoms with Crippen LogP contribution in [-0.4, -0.2) is 67.5 Å². The number of piperazine rings is 1. The van der Waals surface area contributed by atoms with E-state index in [1.54, 1.807) is 7.05 Å². The number of nitrogens with one attached hydrogen (secondary N) is 1. The highest BCUT2D eigenvalue weighted by Gasteiger charge is 2.59. The Morgan fingerprint density at radius 1 is 0.879 bits per heavy atom. The highest BCUT2D eigenvalue weighted by molar-refractivity contribution is 7.92. The van der Waals surface area contributed by atoms with Crippen LogP contribution in [0.2, 0.25) is 0 Å². The van der Waals surface area contributed by atoms with Crippen molar-refractivity contribution in [3.63, 3.8) is 0 Å². The first-order valence-electron chi connectivity index (χ1n) is 11.3. The van der Waals surface area contributed by atoms with Gasteiger partial charge < -0.3 is 4.90 Å². The molecule has 0 aromatic heterocycles. The SMILES string of the molecule is CNS(=O)(=O)c1ccc(S(=O)(=O)N(C)c2ccccc2N2CCN(C34CC(C3)C4)CC2)cc1. The normalized spacial score (nSPS) is 25.3. The van der Waals surface area contributed by atoms with Crippen molar-refractivity contribution < 1.29 is 16.8 Å². The Hall–Kier alpha value is -2.14. The molecule has 1 N–H and O–H groups in total. The Bertz CT molecular complexity index is 1240. The zero-order valence-corrected chi connectivity index (χ0v) is 20.6. The van der Waals surface area contributed by atoms with E-state index in [9.17, 15) is 16.8 Å². The third-order valence-electron chi connectivity index (χ3n) is 7.58. The molecule has 1 saturated heterocycles. The van der Waals surface area contributed by atoms with Crippen molar-refractivity contribution in [2.75, 3.05) is 49.5 Å². The first-order valence-corrected chi connectivity index (χ1v) is 14.2. The fourth-order valence-electron chi connectivity index (χ4n) is 5.44. The number of hydrogen-bond donors (Lipinski definition) is 1. The molecular weight excluding hydrogens is 460 g/mol. The molecular formula is C23H30N4O4S2. The second-order valence-electron chi connectivity index (χ2n) is 9.32. The lowest BCUT2D eigenvalue weighted by Gasteiger charge is -2.67. The molecule has 8 nitrogen and oxygen atoms in total. The van der Waals surface area contributed by atoms with Crippen molar-refractivity contribution in [3.8, 4) is 0 Å². The van der Waals surface area contributed by atoms with Gasteiger partial charge in [-0.25, -0.2) is 21.6 Å². The fourth-order valence-corrected chi connectivity index (χ4v) is 7.38. The van der Waals surface area contributed by atoms with Gasteiger partial charge in [0.05, 0.1) is 21.2 Å². The smallest absolute Gasteiger partial charge is 0.264 e. The zero-order valence-electron chi connectivity index (χ0n) is 18.9. The fraction of sp³-hybridized carbons (Fsp3) is 0.478. The van der Waals surface area contributed by atoms with E-state index in [0.717, 1.165) is 37.8 Å². The second-order valence-corrected chi connectivity index (χ2v) is 13.2. The molecule has 0 spiro atoms. The topological polar surface area (TPSA) is 90.0 Å². The predicted octanol–water partition coefficient (Wildman–Crippen LogP) is 2.09. The van der Waals surface area contributed by atoms with Crippen LogP contribution in [0.1, 0.15) is 19.3 Å². The van der Waals surface area contributed by atoms with Crippen molar-refractivity contribution in [1.82, 2.24) is 9.62 Å². The summed E-state index contributed by atoms with van der Waals surface area (Å²) in [5.74, 6) is 0.954. The Kier molecular flexibility index (Phi) is 5.47. The maximum Gasteiger partial charge on any atom is 0.264 e. The van der Waals surface area contributed by atoms with E-state index in [-0.39, 0.29) is 9.79 Å². The quantitative estimate of drug-likeness (QED) is 0.639. The highest BCUT2D eigenvalue weighted by Crippen LogP contribution is 2.60. The second kappa shape index (κ2) is 7.97. The Labute approximate surface area is 196 Å². The number of hydrogen-bond acceptors (Lipinski definition) is 6. The summed E-state index contributed by atoms with van der Waals surface area (Å²) in [5.41, 5.74) is 1.97. The van der Waals surface area contributed by atoms with Gasteiger partial charge in [0.15, 0.2) is 0 Å². The third-order valence-corrected chi connectivity index (χ3v) is 10.8. The van der Waals surface area contributed by atoms with Crippen molar-refractivity contribution >= 4 is 31.4 Å². The van der Waals surface area contributed by atoms with Gasteiger partial charge in [0.1, 0.15) is 0 Å². The molecule has 0 unspecified atom stereocenters. The summed E-state index contributed by atoms with van der Waals surface area (Å²) in [7, 11) is -4.63. The molecule has 2 bridgehead atoms.